The molecule has 1 atom stereocenters. The molecule has 1 fully saturated rings. The van der Waals surface area contributed by atoms with Crippen LogP contribution in [0.25, 0.3) is 0 Å². The molecule has 0 bridgehead atoms. The summed E-state index contributed by atoms with van der Waals surface area (Å²) in [4.78, 5) is 16.8. The Morgan fingerprint density at radius 2 is 2.00 bits per heavy atom. The minimum Gasteiger partial charge on any atom is -0.358 e. The van der Waals surface area contributed by atoms with E-state index in [9.17, 15) is 4.79 Å². The number of hydrogen-bond acceptors (Lipinski definition) is 3. The topological polar surface area (TPSA) is 23.6 Å². The van der Waals surface area contributed by atoms with Gasteiger partial charge in [0.15, 0.2) is 5.78 Å². The maximum Gasteiger partial charge on any atom is 0.156 e. The second kappa shape index (κ2) is 6.55. The second-order valence-corrected chi connectivity index (χ2v) is 6.85. The maximum atomic E-state index is 12.5. The number of ketones is 1. The molecular formula is C16H22Cl2N2O. The van der Waals surface area contributed by atoms with E-state index in [4.69, 9.17) is 23.2 Å². The molecule has 1 aliphatic rings. The molecule has 1 aromatic rings. The smallest absolute Gasteiger partial charge is 0.156 e. The van der Waals surface area contributed by atoms with Crippen molar-refractivity contribution in [1.29, 1.82) is 0 Å². The summed E-state index contributed by atoms with van der Waals surface area (Å²) in [5, 5.41) is 1.07. The molecule has 1 unspecified atom stereocenters. The van der Waals surface area contributed by atoms with Gasteiger partial charge in [-0.15, -0.1) is 0 Å². The number of Topliss-reactive ketones (excluding diaryl/α,β-unsaturated/α-hetero) is 1. The molecule has 1 aromatic carbocycles. The molecule has 0 N–H and O–H groups in total. The molecule has 0 saturated carbocycles. The quantitative estimate of drug-likeness (QED) is 0.838. The Hall–Kier alpha value is -0.770. The van der Waals surface area contributed by atoms with Crippen molar-refractivity contribution in [3.63, 3.8) is 0 Å². The number of hydrogen-bond donors (Lipinski definition) is 0. The van der Waals surface area contributed by atoms with Crippen molar-refractivity contribution in [2.45, 2.75) is 31.7 Å². The number of likely N-dealkylation sites (N-methyl/N-ethyl adjacent to an activating group) is 1. The van der Waals surface area contributed by atoms with Crippen LogP contribution in [0.1, 0.15) is 26.2 Å². The summed E-state index contributed by atoms with van der Waals surface area (Å²) in [5.41, 5.74) is 0.500. The number of piperidine rings is 1. The summed E-state index contributed by atoms with van der Waals surface area (Å²) in [7, 11) is 4.01. The molecule has 1 heterocycles. The first-order valence-corrected chi connectivity index (χ1v) is 8.01. The summed E-state index contributed by atoms with van der Waals surface area (Å²) in [5.74, 6) is 0.210. The summed E-state index contributed by atoms with van der Waals surface area (Å²) in [6.07, 6.45) is 3.04. The highest BCUT2D eigenvalue weighted by Gasteiger charge is 2.43. The number of anilines is 1. The van der Waals surface area contributed by atoms with Crippen molar-refractivity contribution in [2.75, 3.05) is 32.1 Å². The first kappa shape index (κ1) is 16.6. The number of rotatable bonds is 4. The van der Waals surface area contributed by atoms with Crippen molar-refractivity contribution in [3.05, 3.63) is 28.2 Å². The first-order valence-electron chi connectivity index (χ1n) is 7.25. The SMILES string of the molecule is CC(=O)C1(CN(C)C)CCCCN1c1ccc(Cl)c(Cl)c1. The zero-order chi connectivity index (χ0) is 15.6. The molecule has 1 aliphatic heterocycles. The Balaban J connectivity index is 2.45. The Morgan fingerprint density at radius 1 is 1.29 bits per heavy atom. The standard InChI is InChI=1S/C16H22Cl2N2O/c1-12(21)16(11-19(2)3)8-4-5-9-20(16)13-6-7-14(17)15(18)10-13/h6-7,10H,4-5,8-9,11H2,1-3H3. The average molecular weight is 329 g/mol. The largest absolute Gasteiger partial charge is 0.358 e. The molecule has 3 nitrogen and oxygen atoms in total. The number of benzene rings is 1. The predicted molar refractivity (Wildman–Crippen MR) is 89.6 cm³/mol. The van der Waals surface area contributed by atoms with Crippen molar-refractivity contribution in [1.82, 2.24) is 4.90 Å². The lowest BCUT2D eigenvalue weighted by molar-refractivity contribution is -0.123. The molecule has 1 saturated heterocycles. The van der Waals surface area contributed by atoms with E-state index in [0.717, 1.165) is 31.5 Å². The monoisotopic (exact) mass is 328 g/mol. The van der Waals surface area contributed by atoms with E-state index in [1.165, 1.54) is 0 Å². The van der Waals surface area contributed by atoms with Gasteiger partial charge in [0.2, 0.25) is 0 Å². The van der Waals surface area contributed by atoms with Crippen LogP contribution in [0.3, 0.4) is 0 Å². The van der Waals surface area contributed by atoms with Gasteiger partial charge in [0.05, 0.1) is 10.0 Å². The second-order valence-electron chi connectivity index (χ2n) is 6.03. The third-order valence-electron chi connectivity index (χ3n) is 4.19. The molecule has 116 valence electrons. The normalized spacial score (nSPS) is 22.7. The number of nitrogens with zero attached hydrogens (tertiary/aromatic N) is 2. The van der Waals surface area contributed by atoms with Gasteiger partial charge in [-0.3, -0.25) is 4.79 Å². The van der Waals surface area contributed by atoms with E-state index < -0.39 is 5.54 Å². The van der Waals surface area contributed by atoms with Crippen molar-refractivity contribution < 1.29 is 4.79 Å². The highest BCUT2D eigenvalue weighted by molar-refractivity contribution is 6.42. The van der Waals surface area contributed by atoms with Crippen LogP contribution >= 0.6 is 23.2 Å². The Morgan fingerprint density at radius 3 is 2.57 bits per heavy atom. The minimum absolute atomic E-state index is 0.210. The number of carbonyl (C=O) groups excluding carboxylic acids is 1. The van der Waals surface area contributed by atoms with Gasteiger partial charge in [-0.25, -0.2) is 0 Å². The molecule has 0 spiro atoms. The zero-order valence-electron chi connectivity index (χ0n) is 12.8. The molecule has 0 aromatic heterocycles. The van der Waals surface area contributed by atoms with E-state index in [1.807, 2.05) is 26.2 Å². The number of carbonyl (C=O) groups is 1. The van der Waals surface area contributed by atoms with E-state index in [0.29, 0.717) is 16.6 Å². The van der Waals surface area contributed by atoms with Gasteiger partial charge in [0.25, 0.3) is 0 Å². The van der Waals surface area contributed by atoms with Gasteiger partial charge >= 0.3 is 0 Å². The lowest BCUT2D eigenvalue weighted by atomic mass is 9.82. The molecule has 5 heteroatoms. The van der Waals surface area contributed by atoms with Gasteiger partial charge in [0.1, 0.15) is 5.54 Å². The van der Waals surface area contributed by atoms with Gasteiger partial charge in [0, 0.05) is 18.8 Å². The fourth-order valence-corrected chi connectivity index (χ4v) is 3.52. The summed E-state index contributed by atoms with van der Waals surface area (Å²) in [6, 6.07) is 5.61. The number of halogens is 2. The van der Waals surface area contributed by atoms with Crippen LogP contribution in [0.4, 0.5) is 5.69 Å². The van der Waals surface area contributed by atoms with Crippen LogP contribution in [0.5, 0.6) is 0 Å². The molecule has 0 amide bonds. The van der Waals surface area contributed by atoms with Gasteiger partial charge in [-0.2, -0.15) is 0 Å². The fourth-order valence-electron chi connectivity index (χ4n) is 3.23. The fraction of sp³-hybridized carbons (Fsp3) is 0.562. The van der Waals surface area contributed by atoms with Crippen LogP contribution in [0, 0.1) is 0 Å². The third-order valence-corrected chi connectivity index (χ3v) is 4.93. The van der Waals surface area contributed by atoms with Gasteiger partial charge < -0.3 is 9.80 Å². The van der Waals surface area contributed by atoms with Crippen LogP contribution in [0.2, 0.25) is 10.0 Å². The van der Waals surface area contributed by atoms with Gasteiger partial charge in [-0.1, -0.05) is 23.2 Å². The predicted octanol–water partition coefficient (Wildman–Crippen LogP) is 3.87. The zero-order valence-corrected chi connectivity index (χ0v) is 14.3. The van der Waals surface area contributed by atoms with Crippen molar-refractivity contribution in [3.8, 4) is 0 Å². The Labute approximate surface area is 136 Å². The van der Waals surface area contributed by atoms with Gasteiger partial charge in [-0.05, 0) is 58.5 Å². The average Bonchev–Trinajstić information content (AvgIpc) is 2.41. The highest BCUT2D eigenvalue weighted by Crippen LogP contribution is 2.37. The Bertz CT molecular complexity index is 533. The maximum absolute atomic E-state index is 12.5. The molecule has 21 heavy (non-hydrogen) atoms. The lowest BCUT2D eigenvalue weighted by Crippen LogP contribution is -2.61. The molecular weight excluding hydrogens is 307 g/mol. The highest BCUT2D eigenvalue weighted by atomic mass is 35.5. The molecule has 0 radical (unpaired) electrons. The van der Waals surface area contributed by atoms with E-state index in [2.05, 4.69) is 9.80 Å². The van der Waals surface area contributed by atoms with E-state index >= 15 is 0 Å². The van der Waals surface area contributed by atoms with Crippen molar-refractivity contribution in [2.24, 2.45) is 0 Å². The molecule has 0 aliphatic carbocycles. The van der Waals surface area contributed by atoms with Crippen LogP contribution < -0.4 is 4.90 Å². The van der Waals surface area contributed by atoms with Crippen LogP contribution in [-0.2, 0) is 4.79 Å². The molecule has 2 rings (SSSR count). The summed E-state index contributed by atoms with van der Waals surface area (Å²) < 4.78 is 0. The van der Waals surface area contributed by atoms with E-state index in [1.54, 1.807) is 13.0 Å². The summed E-state index contributed by atoms with van der Waals surface area (Å²) >= 11 is 12.2. The van der Waals surface area contributed by atoms with Crippen molar-refractivity contribution >= 4 is 34.7 Å². The third kappa shape index (κ3) is 3.36. The lowest BCUT2D eigenvalue weighted by Gasteiger charge is -2.48. The van der Waals surface area contributed by atoms with E-state index in [-0.39, 0.29) is 5.78 Å². The Kier molecular flexibility index (Phi) is 5.18. The minimum atomic E-state index is -0.473. The summed E-state index contributed by atoms with van der Waals surface area (Å²) in [6.45, 7) is 3.27. The first-order chi connectivity index (χ1) is 9.86. The van der Waals surface area contributed by atoms with Crippen LogP contribution in [0.15, 0.2) is 18.2 Å². The van der Waals surface area contributed by atoms with Crippen LogP contribution in [-0.4, -0.2) is 43.4 Å².